The van der Waals surface area contributed by atoms with Crippen molar-refractivity contribution in [2.45, 2.75) is 6.42 Å². The summed E-state index contributed by atoms with van der Waals surface area (Å²) in [6, 6.07) is 11.8. The molecule has 0 aliphatic carbocycles. The van der Waals surface area contributed by atoms with Crippen molar-refractivity contribution in [1.29, 1.82) is 0 Å². The maximum absolute atomic E-state index is 12.4. The maximum Gasteiger partial charge on any atom is 0.275 e. The van der Waals surface area contributed by atoms with E-state index >= 15 is 0 Å². The Morgan fingerprint density at radius 2 is 1.83 bits per heavy atom. The second kappa shape index (κ2) is 9.42. The van der Waals surface area contributed by atoms with E-state index in [0.29, 0.717) is 22.2 Å². The van der Waals surface area contributed by atoms with E-state index in [2.05, 4.69) is 25.9 Å². The first-order chi connectivity index (χ1) is 14.0. The maximum atomic E-state index is 12.4. The van der Waals surface area contributed by atoms with E-state index in [-0.39, 0.29) is 30.5 Å². The highest BCUT2D eigenvalue weighted by Crippen LogP contribution is 2.20. The zero-order valence-corrected chi connectivity index (χ0v) is 16.0. The van der Waals surface area contributed by atoms with Gasteiger partial charge in [0.15, 0.2) is 5.13 Å². The summed E-state index contributed by atoms with van der Waals surface area (Å²) in [5.41, 5.74) is 6.22. The van der Waals surface area contributed by atoms with Crippen LogP contribution in [-0.4, -0.2) is 34.2 Å². The monoisotopic (exact) mass is 410 g/mol. The molecule has 3 rings (SSSR count). The molecule has 0 aliphatic heterocycles. The normalized spacial score (nSPS) is 10.2. The molecule has 0 saturated carbocycles. The van der Waals surface area contributed by atoms with Gasteiger partial charge < -0.3 is 21.7 Å². The van der Waals surface area contributed by atoms with E-state index < -0.39 is 5.91 Å². The van der Waals surface area contributed by atoms with Gasteiger partial charge in [-0.3, -0.25) is 14.4 Å². The van der Waals surface area contributed by atoms with Gasteiger partial charge in [-0.05, 0) is 36.4 Å². The molecule has 0 aliphatic rings. The number of aromatic nitrogens is 2. The molecule has 1 aromatic carbocycles. The van der Waals surface area contributed by atoms with E-state index in [1.54, 1.807) is 41.9 Å². The van der Waals surface area contributed by atoms with Crippen molar-refractivity contribution in [3.05, 3.63) is 65.3 Å². The second-order valence-electron chi connectivity index (χ2n) is 5.88. The molecule has 0 bridgehead atoms. The number of thiazole rings is 1. The first kappa shape index (κ1) is 20.0. The molecule has 0 spiro atoms. The van der Waals surface area contributed by atoms with Crippen molar-refractivity contribution in [3.8, 4) is 0 Å². The number of amides is 3. The standard InChI is InChI=1S/C19H18N6O3S/c20-15(26)8-10-22-17(27)12-4-6-13(7-5-12)23-18(28)14-11-29-19(24-14)25-16-3-1-2-9-21-16/h1-7,9,11H,8,10H2,(H2,20,26)(H,22,27)(H,23,28)(H,21,24,25). The van der Waals surface area contributed by atoms with Crippen LogP contribution in [0.25, 0.3) is 0 Å². The van der Waals surface area contributed by atoms with Gasteiger partial charge in [0.25, 0.3) is 11.8 Å². The van der Waals surface area contributed by atoms with Crippen LogP contribution < -0.4 is 21.7 Å². The molecule has 148 valence electrons. The number of carbonyl (C=O) groups excluding carboxylic acids is 3. The predicted molar refractivity (Wildman–Crippen MR) is 110 cm³/mol. The number of hydrogen-bond donors (Lipinski definition) is 4. The Labute approximate surface area is 170 Å². The molecule has 2 heterocycles. The van der Waals surface area contributed by atoms with Crippen molar-refractivity contribution >= 4 is 45.7 Å². The molecule has 9 nitrogen and oxygen atoms in total. The molecular weight excluding hydrogens is 392 g/mol. The summed E-state index contributed by atoms with van der Waals surface area (Å²) in [5, 5.41) is 10.5. The summed E-state index contributed by atoms with van der Waals surface area (Å²) in [6.07, 6.45) is 1.73. The Balaban J connectivity index is 1.55. The van der Waals surface area contributed by atoms with Crippen LogP contribution in [0.4, 0.5) is 16.6 Å². The highest BCUT2D eigenvalue weighted by molar-refractivity contribution is 7.14. The minimum Gasteiger partial charge on any atom is -0.370 e. The number of anilines is 3. The van der Waals surface area contributed by atoms with Crippen LogP contribution in [0, 0.1) is 0 Å². The number of pyridine rings is 1. The van der Waals surface area contributed by atoms with Gasteiger partial charge in [0, 0.05) is 35.8 Å². The third kappa shape index (κ3) is 5.84. The molecule has 10 heteroatoms. The zero-order valence-electron chi connectivity index (χ0n) is 15.2. The molecule has 29 heavy (non-hydrogen) atoms. The fourth-order valence-corrected chi connectivity index (χ4v) is 2.98. The quantitative estimate of drug-likeness (QED) is 0.449. The molecule has 0 unspecified atom stereocenters. The number of rotatable bonds is 8. The minimum atomic E-state index is -0.483. The molecule has 2 aromatic heterocycles. The van der Waals surface area contributed by atoms with Crippen molar-refractivity contribution < 1.29 is 14.4 Å². The van der Waals surface area contributed by atoms with Crippen LogP contribution in [0.3, 0.4) is 0 Å². The Kier molecular flexibility index (Phi) is 6.48. The van der Waals surface area contributed by atoms with Gasteiger partial charge in [0.1, 0.15) is 11.5 Å². The summed E-state index contributed by atoms with van der Waals surface area (Å²) in [4.78, 5) is 43.4. The van der Waals surface area contributed by atoms with Crippen LogP contribution in [0.5, 0.6) is 0 Å². The Morgan fingerprint density at radius 1 is 1.03 bits per heavy atom. The minimum absolute atomic E-state index is 0.0741. The first-order valence-corrected chi connectivity index (χ1v) is 9.51. The number of nitrogens with zero attached hydrogens (tertiary/aromatic N) is 2. The average molecular weight is 410 g/mol. The number of hydrogen-bond acceptors (Lipinski definition) is 7. The third-order valence-electron chi connectivity index (χ3n) is 3.70. The molecule has 3 aromatic rings. The molecule has 0 fully saturated rings. The lowest BCUT2D eigenvalue weighted by molar-refractivity contribution is -0.117. The van der Waals surface area contributed by atoms with Crippen molar-refractivity contribution in [2.75, 3.05) is 17.2 Å². The van der Waals surface area contributed by atoms with Gasteiger partial charge in [0.2, 0.25) is 5.91 Å². The largest absolute Gasteiger partial charge is 0.370 e. The zero-order chi connectivity index (χ0) is 20.6. The summed E-state index contributed by atoms with van der Waals surface area (Å²) >= 11 is 1.29. The number of nitrogens with one attached hydrogen (secondary N) is 3. The lowest BCUT2D eigenvalue weighted by Crippen LogP contribution is -2.27. The van der Waals surface area contributed by atoms with E-state index in [1.165, 1.54) is 11.3 Å². The summed E-state index contributed by atoms with van der Waals surface area (Å²) < 4.78 is 0. The summed E-state index contributed by atoms with van der Waals surface area (Å²) in [6.45, 7) is 0.172. The Morgan fingerprint density at radius 3 is 2.52 bits per heavy atom. The molecule has 0 saturated heterocycles. The summed E-state index contributed by atoms with van der Waals surface area (Å²) in [5.74, 6) is -0.537. The fourth-order valence-electron chi connectivity index (χ4n) is 2.28. The lowest BCUT2D eigenvalue weighted by Gasteiger charge is -2.06. The van der Waals surface area contributed by atoms with Gasteiger partial charge in [-0.15, -0.1) is 11.3 Å². The molecular formula is C19H18N6O3S. The third-order valence-corrected chi connectivity index (χ3v) is 4.46. The van der Waals surface area contributed by atoms with Crippen LogP contribution in [-0.2, 0) is 4.79 Å². The first-order valence-electron chi connectivity index (χ1n) is 8.63. The highest BCUT2D eigenvalue weighted by atomic mass is 32.1. The number of nitrogens with two attached hydrogens (primary N) is 1. The topological polar surface area (TPSA) is 139 Å². The lowest BCUT2D eigenvalue weighted by atomic mass is 10.2. The fraction of sp³-hybridized carbons (Fsp3) is 0.105. The highest BCUT2D eigenvalue weighted by Gasteiger charge is 2.12. The van der Waals surface area contributed by atoms with Crippen molar-refractivity contribution in [3.63, 3.8) is 0 Å². The van der Waals surface area contributed by atoms with Gasteiger partial charge >= 0.3 is 0 Å². The van der Waals surface area contributed by atoms with Crippen LogP contribution >= 0.6 is 11.3 Å². The van der Waals surface area contributed by atoms with E-state index in [4.69, 9.17) is 5.73 Å². The molecule has 5 N–H and O–H groups in total. The Hall–Kier alpha value is -3.79. The van der Waals surface area contributed by atoms with Crippen LogP contribution in [0.2, 0.25) is 0 Å². The second-order valence-corrected chi connectivity index (χ2v) is 6.74. The van der Waals surface area contributed by atoms with Gasteiger partial charge in [-0.25, -0.2) is 9.97 Å². The van der Waals surface area contributed by atoms with Gasteiger partial charge in [-0.1, -0.05) is 6.07 Å². The molecule has 0 radical (unpaired) electrons. The van der Waals surface area contributed by atoms with Crippen LogP contribution in [0.15, 0.2) is 54.0 Å². The smallest absolute Gasteiger partial charge is 0.275 e. The SMILES string of the molecule is NC(=O)CCNC(=O)c1ccc(NC(=O)c2csc(Nc3ccccn3)n2)cc1. The Bertz CT molecular complexity index is 1000. The number of carbonyl (C=O) groups is 3. The number of primary amides is 1. The van der Waals surface area contributed by atoms with Gasteiger partial charge in [-0.2, -0.15) is 0 Å². The predicted octanol–water partition coefficient (Wildman–Crippen LogP) is 2.14. The van der Waals surface area contributed by atoms with E-state index in [0.717, 1.165) is 0 Å². The molecule has 0 atom stereocenters. The van der Waals surface area contributed by atoms with Gasteiger partial charge in [0.05, 0.1) is 0 Å². The van der Waals surface area contributed by atoms with Crippen molar-refractivity contribution in [1.82, 2.24) is 15.3 Å². The van der Waals surface area contributed by atoms with E-state index in [1.807, 2.05) is 12.1 Å². The average Bonchev–Trinajstić information content (AvgIpc) is 3.17. The van der Waals surface area contributed by atoms with E-state index in [9.17, 15) is 14.4 Å². The molecule has 3 amide bonds. The van der Waals surface area contributed by atoms with Crippen LogP contribution in [0.1, 0.15) is 27.3 Å². The number of benzene rings is 1. The summed E-state index contributed by atoms with van der Waals surface area (Å²) in [7, 11) is 0. The van der Waals surface area contributed by atoms with Crippen molar-refractivity contribution in [2.24, 2.45) is 5.73 Å².